The van der Waals surface area contributed by atoms with Gasteiger partial charge in [0.25, 0.3) is 0 Å². The monoisotopic (exact) mass is 434 g/mol. The topological polar surface area (TPSA) is 49.3 Å². The summed E-state index contributed by atoms with van der Waals surface area (Å²) < 4.78 is 13.1. The zero-order valence-electron chi connectivity index (χ0n) is 12.6. The second-order valence-electron chi connectivity index (χ2n) is 4.58. The molecule has 2 rings (SSSR count). The number of rotatable bonds is 5. The number of nitrogens with zero attached hydrogens (tertiary/aromatic N) is 2. The molecule has 0 saturated carbocycles. The first-order valence-corrected chi connectivity index (χ1v) is 7.59. The van der Waals surface area contributed by atoms with Crippen molar-refractivity contribution in [1.29, 1.82) is 0 Å². The summed E-state index contributed by atoms with van der Waals surface area (Å²) in [6.45, 7) is 3.39. The van der Waals surface area contributed by atoms with Crippen LogP contribution in [0.3, 0.4) is 0 Å². The molecular weight excluding hydrogens is 414 g/mol. The van der Waals surface area contributed by atoms with Gasteiger partial charge in [-0.3, -0.25) is 4.99 Å². The highest BCUT2D eigenvalue weighted by molar-refractivity contribution is 14.0. The molecule has 0 aliphatic rings. The van der Waals surface area contributed by atoms with Crippen LogP contribution in [0.5, 0.6) is 0 Å². The van der Waals surface area contributed by atoms with Crippen LogP contribution in [0.4, 0.5) is 4.39 Å². The first-order valence-electron chi connectivity index (χ1n) is 6.77. The minimum Gasteiger partial charge on any atom is -0.356 e. The van der Waals surface area contributed by atoms with Gasteiger partial charge in [0.05, 0.1) is 11.6 Å². The van der Waals surface area contributed by atoms with E-state index in [-0.39, 0.29) is 29.8 Å². The van der Waals surface area contributed by atoms with Crippen molar-refractivity contribution in [2.75, 3.05) is 13.6 Å². The highest BCUT2D eigenvalue weighted by atomic mass is 127. The first kappa shape index (κ1) is 18.8. The maximum atomic E-state index is 13.1. The predicted octanol–water partition coefficient (Wildman–Crippen LogP) is 3.12. The molecule has 0 spiro atoms. The van der Waals surface area contributed by atoms with E-state index in [0.29, 0.717) is 13.1 Å². The maximum absolute atomic E-state index is 13.1. The van der Waals surface area contributed by atoms with Crippen LogP contribution in [0.1, 0.15) is 15.4 Å². The van der Waals surface area contributed by atoms with Gasteiger partial charge in [0, 0.05) is 24.7 Å². The summed E-state index contributed by atoms with van der Waals surface area (Å²) in [6, 6.07) is 6.65. The smallest absolute Gasteiger partial charge is 0.191 e. The van der Waals surface area contributed by atoms with Crippen LogP contribution in [0.15, 0.2) is 35.5 Å². The molecular formula is C15H20FIN4S. The van der Waals surface area contributed by atoms with Gasteiger partial charge < -0.3 is 10.6 Å². The summed E-state index contributed by atoms with van der Waals surface area (Å²) in [5.41, 5.74) is 0.969. The Balaban J connectivity index is 0.00000242. The number of nitrogens with one attached hydrogen (secondary N) is 2. The molecule has 2 N–H and O–H groups in total. The zero-order chi connectivity index (χ0) is 15.1. The molecule has 4 nitrogen and oxygen atoms in total. The quantitative estimate of drug-likeness (QED) is 0.432. The SMILES string of the molecule is CN=C(NCCc1cccc(F)c1)NCc1cnc(C)s1.I. The largest absolute Gasteiger partial charge is 0.356 e. The molecule has 22 heavy (non-hydrogen) atoms. The average molecular weight is 434 g/mol. The summed E-state index contributed by atoms with van der Waals surface area (Å²) >= 11 is 1.66. The highest BCUT2D eigenvalue weighted by Crippen LogP contribution is 2.10. The van der Waals surface area contributed by atoms with E-state index in [9.17, 15) is 4.39 Å². The van der Waals surface area contributed by atoms with Gasteiger partial charge in [-0.05, 0) is 31.0 Å². The van der Waals surface area contributed by atoms with Crippen LogP contribution < -0.4 is 10.6 Å². The Hall–Kier alpha value is -1.22. The fourth-order valence-electron chi connectivity index (χ4n) is 1.90. The molecule has 0 amide bonds. The van der Waals surface area contributed by atoms with Gasteiger partial charge in [-0.25, -0.2) is 9.37 Å². The predicted molar refractivity (Wildman–Crippen MR) is 101 cm³/mol. The standard InChI is InChI=1S/C15H19FN4S.HI/c1-11-19-9-14(21-11)10-20-15(17-2)18-7-6-12-4-3-5-13(16)8-12;/h3-5,8-9H,6-7,10H2,1-2H3,(H2,17,18,20);1H. The molecule has 0 radical (unpaired) electrons. The van der Waals surface area contributed by atoms with Crippen LogP contribution >= 0.6 is 35.3 Å². The fourth-order valence-corrected chi connectivity index (χ4v) is 2.63. The molecule has 0 unspecified atom stereocenters. The first-order chi connectivity index (χ1) is 10.2. The molecule has 0 aliphatic carbocycles. The van der Waals surface area contributed by atoms with Crippen LogP contribution in [0, 0.1) is 12.7 Å². The summed E-state index contributed by atoms with van der Waals surface area (Å²) in [6.07, 6.45) is 2.62. The number of aromatic nitrogens is 1. The van der Waals surface area contributed by atoms with E-state index in [0.717, 1.165) is 23.0 Å². The minimum atomic E-state index is -0.199. The zero-order valence-corrected chi connectivity index (χ0v) is 15.7. The lowest BCUT2D eigenvalue weighted by Crippen LogP contribution is -2.37. The van der Waals surface area contributed by atoms with Crippen molar-refractivity contribution < 1.29 is 4.39 Å². The lowest BCUT2D eigenvalue weighted by Gasteiger charge is -2.11. The van der Waals surface area contributed by atoms with E-state index < -0.39 is 0 Å². The van der Waals surface area contributed by atoms with Crippen LogP contribution in [-0.4, -0.2) is 24.5 Å². The van der Waals surface area contributed by atoms with Crippen molar-refractivity contribution in [3.8, 4) is 0 Å². The molecule has 1 heterocycles. The number of halogens is 2. The van der Waals surface area contributed by atoms with Crippen molar-refractivity contribution >= 4 is 41.3 Å². The normalized spacial score (nSPS) is 11.0. The van der Waals surface area contributed by atoms with E-state index in [1.165, 1.54) is 10.9 Å². The molecule has 120 valence electrons. The van der Waals surface area contributed by atoms with Crippen molar-refractivity contribution in [3.63, 3.8) is 0 Å². The van der Waals surface area contributed by atoms with E-state index in [2.05, 4.69) is 20.6 Å². The fraction of sp³-hybridized carbons (Fsp3) is 0.333. The van der Waals surface area contributed by atoms with Gasteiger partial charge in [0.1, 0.15) is 5.82 Å². The lowest BCUT2D eigenvalue weighted by molar-refractivity contribution is 0.625. The van der Waals surface area contributed by atoms with Crippen LogP contribution in [0.25, 0.3) is 0 Å². The van der Waals surface area contributed by atoms with E-state index >= 15 is 0 Å². The minimum absolute atomic E-state index is 0. The molecule has 0 atom stereocenters. The van der Waals surface area contributed by atoms with Crippen molar-refractivity contribution in [2.24, 2.45) is 4.99 Å². The number of aryl methyl sites for hydroxylation is 1. The van der Waals surface area contributed by atoms with Gasteiger partial charge in [-0.15, -0.1) is 35.3 Å². The second-order valence-corrected chi connectivity index (χ2v) is 5.90. The van der Waals surface area contributed by atoms with Gasteiger partial charge in [0.15, 0.2) is 5.96 Å². The number of benzene rings is 1. The van der Waals surface area contributed by atoms with Gasteiger partial charge >= 0.3 is 0 Å². The summed E-state index contributed by atoms with van der Waals surface area (Å²) in [7, 11) is 1.73. The van der Waals surface area contributed by atoms with Crippen molar-refractivity contribution in [1.82, 2.24) is 15.6 Å². The van der Waals surface area contributed by atoms with E-state index in [1.54, 1.807) is 30.5 Å². The third-order valence-corrected chi connectivity index (χ3v) is 3.83. The second kappa shape index (κ2) is 9.73. The number of hydrogen-bond donors (Lipinski definition) is 2. The summed E-state index contributed by atoms with van der Waals surface area (Å²) in [5.74, 6) is 0.535. The van der Waals surface area contributed by atoms with Gasteiger partial charge in [-0.1, -0.05) is 12.1 Å². The molecule has 1 aromatic carbocycles. The van der Waals surface area contributed by atoms with Gasteiger partial charge in [-0.2, -0.15) is 0 Å². The van der Waals surface area contributed by atoms with Crippen molar-refractivity contribution in [2.45, 2.75) is 19.9 Å². The van der Waals surface area contributed by atoms with Gasteiger partial charge in [0.2, 0.25) is 0 Å². The average Bonchev–Trinajstić information content (AvgIpc) is 2.88. The third kappa shape index (κ3) is 6.27. The molecule has 1 aromatic heterocycles. The molecule has 0 bridgehead atoms. The molecule has 0 fully saturated rings. The Morgan fingerprint density at radius 2 is 2.18 bits per heavy atom. The number of aliphatic imine (C=N–C) groups is 1. The van der Waals surface area contributed by atoms with E-state index in [4.69, 9.17) is 0 Å². The molecule has 0 saturated heterocycles. The summed E-state index contributed by atoms with van der Waals surface area (Å²) in [4.78, 5) is 9.54. The van der Waals surface area contributed by atoms with E-state index in [1.807, 2.05) is 19.2 Å². The molecule has 0 aliphatic heterocycles. The molecule has 2 aromatic rings. The molecule has 7 heteroatoms. The lowest BCUT2D eigenvalue weighted by atomic mass is 10.1. The number of thiazole rings is 1. The Bertz CT molecular complexity index is 615. The highest BCUT2D eigenvalue weighted by Gasteiger charge is 2.01. The number of guanidine groups is 1. The van der Waals surface area contributed by atoms with Crippen LogP contribution in [0.2, 0.25) is 0 Å². The Morgan fingerprint density at radius 3 is 2.82 bits per heavy atom. The van der Waals surface area contributed by atoms with Crippen LogP contribution in [-0.2, 0) is 13.0 Å². The van der Waals surface area contributed by atoms with Crippen molar-refractivity contribution in [3.05, 3.63) is 51.7 Å². The Labute approximate surface area is 151 Å². The Morgan fingerprint density at radius 1 is 1.36 bits per heavy atom. The number of hydrogen-bond acceptors (Lipinski definition) is 3. The third-order valence-electron chi connectivity index (χ3n) is 2.92. The summed E-state index contributed by atoms with van der Waals surface area (Å²) in [5, 5.41) is 7.50. The maximum Gasteiger partial charge on any atom is 0.191 e. The Kier molecular flexibility index (Phi) is 8.32.